The first kappa shape index (κ1) is 9.08. The lowest BCUT2D eigenvalue weighted by Crippen LogP contribution is -2.06. The normalized spacial score (nSPS) is 13.2. The lowest BCUT2D eigenvalue weighted by molar-refractivity contribution is 0.288. The van der Waals surface area contributed by atoms with Gasteiger partial charge in [-0.3, -0.25) is 0 Å². The van der Waals surface area contributed by atoms with Crippen molar-refractivity contribution in [2.24, 2.45) is 0 Å². The molecule has 10 heavy (non-hydrogen) atoms. The van der Waals surface area contributed by atoms with Gasteiger partial charge in [-0.2, -0.15) is 0 Å². The molecule has 2 nitrogen and oxygen atoms in total. The van der Waals surface area contributed by atoms with Gasteiger partial charge in [-0.1, -0.05) is 6.08 Å². The number of methoxy groups -OCH3 is 1. The molecule has 0 aliphatic carbocycles. The average Bonchev–Trinajstić information content (AvgIpc) is 1.99. The Hall–Kier alpha value is -0.920. The molecule has 0 aromatic carbocycles. The van der Waals surface area contributed by atoms with Crippen molar-refractivity contribution in [3.8, 4) is 0 Å². The minimum Gasteiger partial charge on any atom is -0.499 e. The molecule has 0 spiro atoms. The van der Waals surface area contributed by atoms with Gasteiger partial charge in [0.25, 0.3) is 0 Å². The Morgan fingerprint density at radius 3 is 2.40 bits per heavy atom. The van der Waals surface area contributed by atoms with Crippen molar-refractivity contribution >= 4 is 0 Å². The summed E-state index contributed by atoms with van der Waals surface area (Å²) in [6.07, 6.45) is 3.94. The third-order valence-electron chi connectivity index (χ3n) is 1.29. The highest BCUT2D eigenvalue weighted by atomic mass is 16.5. The Labute approximate surface area is 62.6 Å². The van der Waals surface area contributed by atoms with Gasteiger partial charge in [0.2, 0.25) is 0 Å². The maximum Gasteiger partial charge on any atom is 0.115 e. The van der Waals surface area contributed by atoms with E-state index >= 15 is 0 Å². The van der Waals surface area contributed by atoms with E-state index in [4.69, 9.17) is 4.74 Å². The zero-order valence-electron chi connectivity index (χ0n) is 7.06. The zero-order chi connectivity index (χ0) is 7.98. The smallest absolute Gasteiger partial charge is 0.115 e. The molecular formula is C8H15NO. The molecule has 0 heterocycles. The van der Waals surface area contributed by atoms with Crippen LogP contribution in [-0.2, 0) is 4.74 Å². The van der Waals surface area contributed by atoms with E-state index in [0.29, 0.717) is 0 Å². The molecule has 0 unspecified atom stereocenters. The summed E-state index contributed by atoms with van der Waals surface area (Å²) in [5, 5.41) is 3.02. The molecular weight excluding hydrogens is 126 g/mol. The topological polar surface area (TPSA) is 21.3 Å². The second-order valence-corrected chi connectivity index (χ2v) is 1.92. The molecule has 0 aliphatic heterocycles. The maximum atomic E-state index is 5.02. The van der Waals surface area contributed by atoms with Crippen molar-refractivity contribution in [2.75, 3.05) is 14.2 Å². The van der Waals surface area contributed by atoms with Crippen molar-refractivity contribution < 1.29 is 4.74 Å². The third kappa shape index (κ3) is 2.58. The molecule has 0 amide bonds. The highest BCUT2D eigenvalue weighted by Gasteiger charge is 1.92. The molecule has 58 valence electrons. The first-order valence-electron chi connectivity index (χ1n) is 3.31. The van der Waals surface area contributed by atoms with Crippen LogP contribution in [-0.4, -0.2) is 14.2 Å². The second-order valence-electron chi connectivity index (χ2n) is 1.92. The van der Waals surface area contributed by atoms with Crippen molar-refractivity contribution in [1.29, 1.82) is 0 Å². The van der Waals surface area contributed by atoms with Crippen molar-refractivity contribution in [3.05, 3.63) is 23.6 Å². The van der Waals surface area contributed by atoms with Gasteiger partial charge < -0.3 is 10.1 Å². The molecule has 0 atom stereocenters. The fourth-order valence-corrected chi connectivity index (χ4v) is 0.653. The highest BCUT2D eigenvalue weighted by molar-refractivity contribution is 5.18. The predicted octanol–water partition coefficient (Wildman–Crippen LogP) is 1.66. The summed E-state index contributed by atoms with van der Waals surface area (Å²) < 4.78 is 5.02. The van der Waals surface area contributed by atoms with E-state index in [1.165, 1.54) is 0 Å². The molecule has 0 aliphatic rings. The highest BCUT2D eigenvalue weighted by Crippen LogP contribution is 2.01. The first-order chi connectivity index (χ1) is 4.76. The monoisotopic (exact) mass is 141 g/mol. The largest absolute Gasteiger partial charge is 0.499 e. The molecule has 0 aromatic rings. The van der Waals surface area contributed by atoms with Crippen molar-refractivity contribution in [3.63, 3.8) is 0 Å². The van der Waals surface area contributed by atoms with Crippen LogP contribution in [0.4, 0.5) is 0 Å². The number of hydrogen-bond donors (Lipinski definition) is 1. The Morgan fingerprint density at radius 2 is 2.10 bits per heavy atom. The van der Waals surface area contributed by atoms with E-state index in [-0.39, 0.29) is 0 Å². The number of nitrogens with one attached hydrogen (secondary N) is 1. The fraction of sp³-hybridized carbons (Fsp3) is 0.500. The van der Waals surface area contributed by atoms with Crippen LogP contribution in [0.2, 0.25) is 0 Å². The van der Waals surface area contributed by atoms with E-state index in [2.05, 4.69) is 5.32 Å². The van der Waals surface area contributed by atoms with E-state index in [1.807, 2.05) is 33.0 Å². The minimum absolute atomic E-state index is 0.903. The van der Waals surface area contributed by atoms with Crippen LogP contribution < -0.4 is 5.32 Å². The van der Waals surface area contributed by atoms with Crippen LogP contribution in [0.15, 0.2) is 23.6 Å². The summed E-state index contributed by atoms with van der Waals surface area (Å²) in [7, 11) is 3.54. The minimum atomic E-state index is 0.903. The van der Waals surface area contributed by atoms with Crippen LogP contribution in [0.3, 0.4) is 0 Å². The zero-order valence-corrected chi connectivity index (χ0v) is 7.06. The summed E-state index contributed by atoms with van der Waals surface area (Å²) in [5.41, 5.74) is 1.02. The Balaban J connectivity index is 4.29. The van der Waals surface area contributed by atoms with Gasteiger partial charge in [0.1, 0.15) is 5.76 Å². The standard InChI is InChI=1S/C8H15NO/c1-5-6-8(9-3)7(2)10-4/h5-6,9H,1-4H3/b6-5-,8-7-. The van der Waals surface area contributed by atoms with Gasteiger partial charge in [-0.05, 0) is 19.9 Å². The molecule has 0 saturated carbocycles. The Kier molecular flexibility index (Phi) is 4.46. The number of ether oxygens (including phenoxy) is 1. The van der Waals surface area contributed by atoms with E-state index in [9.17, 15) is 0 Å². The van der Waals surface area contributed by atoms with Crippen LogP contribution in [0.1, 0.15) is 13.8 Å². The van der Waals surface area contributed by atoms with Crippen molar-refractivity contribution in [1.82, 2.24) is 5.32 Å². The van der Waals surface area contributed by atoms with Crippen LogP contribution >= 0.6 is 0 Å². The van der Waals surface area contributed by atoms with E-state index in [1.54, 1.807) is 7.11 Å². The molecule has 0 bridgehead atoms. The number of allylic oxidation sites excluding steroid dienone is 3. The molecule has 0 radical (unpaired) electrons. The van der Waals surface area contributed by atoms with E-state index < -0.39 is 0 Å². The second kappa shape index (κ2) is 4.91. The first-order valence-corrected chi connectivity index (χ1v) is 3.31. The van der Waals surface area contributed by atoms with Crippen LogP contribution in [0, 0.1) is 0 Å². The lowest BCUT2D eigenvalue weighted by Gasteiger charge is -2.05. The number of hydrogen-bond acceptors (Lipinski definition) is 2. The molecule has 0 rings (SSSR count). The summed E-state index contributed by atoms with van der Waals surface area (Å²) in [4.78, 5) is 0. The quantitative estimate of drug-likeness (QED) is 0.476. The van der Waals surface area contributed by atoms with Crippen molar-refractivity contribution in [2.45, 2.75) is 13.8 Å². The van der Waals surface area contributed by atoms with Gasteiger partial charge in [-0.25, -0.2) is 0 Å². The number of rotatable bonds is 3. The SMILES string of the molecule is C/C=C\C(NC)=C(/C)OC. The molecule has 0 fully saturated rings. The van der Waals surface area contributed by atoms with Gasteiger partial charge in [0.15, 0.2) is 0 Å². The molecule has 0 saturated heterocycles. The maximum absolute atomic E-state index is 5.02. The summed E-state index contributed by atoms with van der Waals surface area (Å²) in [6.45, 7) is 3.89. The summed E-state index contributed by atoms with van der Waals surface area (Å²) in [6, 6.07) is 0. The van der Waals surface area contributed by atoms with Gasteiger partial charge in [-0.15, -0.1) is 0 Å². The Morgan fingerprint density at radius 1 is 1.50 bits per heavy atom. The van der Waals surface area contributed by atoms with E-state index in [0.717, 1.165) is 11.5 Å². The van der Waals surface area contributed by atoms with Gasteiger partial charge in [0.05, 0.1) is 12.8 Å². The molecule has 0 aromatic heterocycles. The summed E-state index contributed by atoms with van der Waals surface area (Å²) >= 11 is 0. The van der Waals surface area contributed by atoms with Crippen LogP contribution in [0.25, 0.3) is 0 Å². The molecule has 1 N–H and O–H groups in total. The Bertz CT molecular complexity index is 147. The third-order valence-corrected chi connectivity index (χ3v) is 1.29. The van der Waals surface area contributed by atoms with Gasteiger partial charge in [0, 0.05) is 7.05 Å². The average molecular weight is 141 g/mol. The lowest BCUT2D eigenvalue weighted by atomic mass is 10.3. The fourth-order valence-electron chi connectivity index (χ4n) is 0.653. The molecule has 2 heteroatoms. The summed E-state index contributed by atoms with van der Waals surface area (Å²) in [5.74, 6) is 0.903. The van der Waals surface area contributed by atoms with Gasteiger partial charge >= 0.3 is 0 Å². The number of likely N-dealkylation sites (N-methyl/N-ethyl adjacent to an activating group) is 1. The van der Waals surface area contributed by atoms with Crippen LogP contribution in [0.5, 0.6) is 0 Å². The predicted molar refractivity (Wildman–Crippen MR) is 43.6 cm³/mol.